The van der Waals surface area contributed by atoms with Crippen LogP contribution in [-0.4, -0.2) is 89.0 Å². The van der Waals surface area contributed by atoms with Crippen molar-refractivity contribution < 1.29 is 49.0 Å². The normalized spacial score (nSPS) is 20.9. The first kappa shape index (κ1) is 49.5. The summed E-state index contributed by atoms with van der Waals surface area (Å²) >= 11 is 0. The van der Waals surface area contributed by atoms with Gasteiger partial charge >= 0.3 is 11.9 Å². The summed E-state index contributed by atoms with van der Waals surface area (Å²) in [5, 5.41) is 40.0. The molecule has 10 nitrogen and oxygen atoms in total. The molecule has 53 heavy (non-hydrogen) atoms. The number of aliphatic hydroxyl groups excluding tert-OH is 4. The number of hydrogen-bond donors (Lipinski definition) is 4. The molecule has 0 bridgehead atoms. The minimum Gasteiger partial charge on any atom is -0.462 e. The Kier molecular flexibility index (Phi) is 32.6. The van der Waals surface area contributed by atoms with Gasteiger partial charge in [0.25, 0.3) is 0 Å². The van der Waals surface area contributed by atoms with Gasteiger partial charge in [-0.25, -0.2) is 0 Å². The van der Waals surface area contributed by atoms with E-state index in [1.165, 1.54) is 122 Å². The van der Waals surface area contributed by atoms with Crippen molar-refractivity contribution in [2.45, 2.75) is 230 Å². The first-order valence-corrected chi connectivity index (χ1v) is 21.8. The van der Waals surface area contributed by atoms with Crippen LogP contribution in [0.25, 0.3) is 0 Å². The molecule has 1 aliphatic heterocycles. The van der Waals surface area contributed by atoms with Crippen LogP contribution in [0.5, 0.6) is 0 Å². The zero-order chi connectivity index (χ0) is 38.8. The van der Waals surface area contributed by atoms with Crippen LogP contribution in [0.4, 0.5) is 0 Å². The minimum atomic E-state index is -1.59. The molecule has 1 heterocycles. The Morgan fingerprint density at radius 2 is 1.04 bits per heavy atom. The van der Waals surface area contributed by atoms with Gasteiger partial charge < -0.3 is 39.4 Å². The van der Waals surface area contributed by atoms with E-state index in [0.717, 1.165) is 32.1 Å². The van der Waals surface area contributed by atoms with Gasteiger partial charge in [0, 0.05) is 12.8 Å². The molecule has 0 radical (unpaired) electrons. The lowest BCUT2D eigenvalue weighted by Crippen LogP contribution is -2.59. The van der Waals surface area contributed by atoms with Gasteiger partial charge in [-0.1, -0.05) is 167 Å². The molecule has 312 valence electrons. The number of hydrogen-bond acceptors (Lipinski definition) is 10. The van der Waals surface area contributed by atoms with Crippen molar-refractivity contribution in [1.82, 2.24) is 0 Å². The molecule has 0 aromatic carbocycles. The monoisotopic (exact) mass is 757 g/mol. The van der Waals surface area contributed by atoms with Crippen molar-refractivity contribution in [3.8, 4) is 0 Å². The van der Waals surface area contributed by atoms with E-state index in [1.54, 1.807) is 0 Å². The SMILES string of the molecule is CCCCCCCCCCCCC/C=C/CCC(=O)OC[C@@H](CO[C@H]1O[C@@H](CO)[C@@H](O)C(O)C1O)OC(=O)CCCCCCCCCCCCCCC. The molecule has 0 aromatic heterocycles. The molecule has 0 aromatic rings. The Hall–Kier alpha value is -1.56. The van der Waals surface area contributed by atoms with Gasteiger partial charge in [0.15, 0.2) is 12.4 Å². The molecule has 10 heteroatoms. The highest BCUT2D eigenvalue weighted by Crippen LogP contribution is 2.23. The maximum atomic E-state index is 12.7. The van der Waals surface area contributed by atoms with E-state index in [1.807, 2.05) is 6.08 Å². The molecule has 2 unspecified atom stereocenters. The third-order valence-corrected chi connectivity index (χ3v) is 10.2. The predicted octanol–water partition coefficient (Wildman–Crippen LogP) is 8.78. The number of carbonyl (C=O) groups excluding carboxylic acids is 2. The third kappa shape index (κ3) is 26.8. The summed E-state index contributed by atoms with van der Waals surface area (Å²) in [6.45, 7) is 3.39. The summed E-state index contributed by atoms with van der Waals surface area (Å²) < 4.78 is 22.1. The topological polar surface area (TPSA) is 152 Å². The van der Waals surface area contributed by atoms with Crippen LogP contribution in [-0.2, 0) is 28.5 Å². The van der Waals surface area contributed by atoms with Gasteiger partial charge in [-0.3, -0.25) is 9.59 Å². The molecule has 0 aliphatic carbocycles. The molecule has 6 atom stereocenters. The third-order valence-electron chi connectivity index (χ3n) is 10.2. The van der Waals surface area contributed by atoms with Crippen LogP contribution in [0.1, 0.15) is 194 Å². The van der Waals surface area contributed by atoms with E-state index < -0.39 is 55.4 Å². The molecule has 1 rings (SSSR count). The van der Waals surface area contributed by atoms with Crippen LogP contribution in [0.2, 0.25) is 0 Å². The Morgan fingerprint density at radius 3 is 1.55 bits per heavy atom. The van der Waals surface area contributed by atoms with Crippen LogP contribution in [0.15, 0.2) is 12.2 Å². The van der Waals surface area contributed by atoms with Crippen LogP contribution < -0.4 is 0 Å². The average molecular weight is 757 g/mol. The van der Waals surface area contributed by atoms with E-state index in [-0.39, 0.29) is 26.1 Å². The largest absolute Gasteiger partial charge is 0.462 e. The minimum absolute atomic E-state index is 0.196. The summed E-state index contributed by atoms with van der Waals surface area (Å²) in [6.07, 6.45) is 28.0. The number of ether oxygens (including phenoxy) is 4. The van der Waals surface area contributed by atoms with E-state index in [4.69, 9.17) is 18.9 Å². The number of carbonyl (C=O) groups is 2. The van der Waals surface area contributed by atoms with Crippen molar-refractivity contribution >= 4 is 11.9 Å². The summed E-state index contributed by atoms with van der Waals surface area (Å²) in [5.74, 6) is -0.855. The lowest BCUT2D eigenvalue weighted by atomic mass is 9.99. The Morgan fingerprint density at radius 1 is 0.566 bits per heavy atom. The van der Waals surface area contributed by atoms with Gasteiger partial charge in [0.05, 0.1) is 13.2 Å². The highest BCUT2D eigenvalue weighted by molar-refractivity contribution is 5.70. The van der Waals surface area contributed by atoms with Gasteiger partial charge in [-0.05, 0) is 25.7 Å². The zero-order valence-electron chi connectivity index (χ0n) is 33.8. The fourth-order valence-corrected chi connectivity index (χ4v) is 6.68. The van der Waals surface area contributed by atoms with Crippen molar-refractivity contribution in [3.05, 3.63) is 12.2 Å². The number of allylic oxidation sites excluding steroid dienone is 2. The highest BCUT2D eigenvalue weighted by Gasteiger charge is 2.44. The summed E-state index contributed by atoms with van der Waals surface area (Å²) in [7, 11) is 0. The molecule has 1 saturated heterocycles. The average Bonchev–Trinajstić information content (AvgIpc) is 3.15. The van der Waals surface area contributed by atoms with Crippen molar-refractivity contribution in [1.29, 1.82) is 0 Å². The standard InChI is InChI=1S/C43H80O10/c1-3-5-7-9-11-13-15-17-18-20-21-23-25-27-29-31-38(45)50-34-36(35-51-43-42(49)41(48)40(47)37(33-44)53-43)52-39(46)32-30-28-26-24-22-19-16-14-12-10-8-6-4-2/h25,27,36-37,40-44,47-49H,3-24,26,28-35H2,1-2H3/b27-25+/t36-,37-,40+,41?,42?,43-/m0/s1. The molecular weight excluding hydrogens is 676 g/mol. The second-order valence-corrected chi connectivity index (χ2v) is 15.2. The summed E-state index contributed by atoms with van der Waals surface area (Å²) in [4.78, 5) is 25.2. The van der Waals surface area contributed by atoms with Gasteiger partial charge in [0.2, 0.25) is 0 Å². The Bertz CT molecular complexity index is 881. The smallest absolute Gasteiger partial charge is 0.306 e. The maximum Gasteiger partial charge on any atom is 0.306 e. The summed E-state index contributed by atoms with van der Waals surface area (Å²) in [5.41, 5.74) is 0. The van der Waals surface area contributed by atoms with E-state index >= 15 is 0 Å². The van der Waals surface area contributed by atoms with Crippen molar-refractivity contribution in [3.63, 3.8) is 0 Å². The van der Waals surface area contributed by atoms with Gasteiger partial charge in [-0.15, -0.1) is 0 Å². The van der Waals surface area contributed by atoms with Gasteiger partial charge in [0.1, 0.15) is 31.0 Å². The van der Waals surface area contributed by atoms with Crippen molar-refractivity contribution in [2.75, 3.05) is 19.8 Å². The Labute approximate surface area is 322 Å². The number of esters is 2. The fourth-order valence-electron chi connectivity index (χ4n) is 6.68. The second-order valence-electron chi connectivity index (χ2n) is 15.2. The molecule has 0 spiro atoms. The van der Waals surface area contributed by atoms with Crippen LogP contribution in [0.3, 0.4) is 0 Å². The van der Waals surface area contributed by atoms with E-state index in [9.17, 15) is 30.0 Å². The van der Waals surface area contributed by atoms with E-state index in [0.29, 0.717) is 12.8 Å². The van der Waals surface area contributed by atoms with Crippen molar-refractivity contribution in [2.24, 2.45) is 0 Å². The van der Waals surface area contributed by atoms with Crippen LogP contribution in [0, 0.1) is 0 Å². The molecule has 4 N–H and O–H groups in total. The predicted molar refractivity (Wildman–Crippen MR) is 210 cm³/mol. The van der Waals surface area contributed by atoms with Crippen LogP contribution >= 0.6 is 0 Å². The number of aliphatic hydroxyl groups is 4. The number of unbranched alkanes of at least 4 members (excludes halogenated alkanes) is 23. The summed E-state index contributed by atoms with van der Waals surface area (Å²) in [6, 6.07) is 0. The zero-order valence-corrected chi connectivity index (χ0v) is 33.8. The Balaban J connectivity index is 2.36. The maximum absolute atomic E-state index is 12.7. The lowest BCUT2D eigenvalue weighted by molar-refractivity contribution is -0.305. The molecular formula is C43H80O10. The first-order chi connectivity index (χ1) is 25.8. The molecule has 0 amide bonds. The molecule has 1 aliphatic rings. The molecule has 0 saturated carbocycles. The fraction of sp³-hybridized carbons (Fsp3) is 0.907. The quantitative estimate of drug-likeness (QED) is 0.0277. The van der Waals surface area contributed by atoms with Gasteiger partial charge in [-0.2, -0.15) is 0 Å². The first-order valence-electron chi connectivity index (χ1n) is 21.8. The second kappa shape index (κ2) is 34.9. The van der Waals surface area contributed by atoms with E-state index in [2.05, 4.69) is 19.9 Å². The lowest BCUT2D eigenvalue weighted by Gasteiger charge is -2.39. The molecule has 1 fully saturated rings. The number of rotatable bonds is 36. The highest BCUT2D eigenvalue weighted by atomic mass is 16.7.